The first kappa shape index (κ1) is 10.7. The number of H-pyrrole nitrogens is 1. The fourth-order valence-electron chi connectivity index (χ4n) is 3.10. The average molecular weight is 270 g/mol. The van der Waals surface area contributed by atoms with Gasteiger partial charge in [0.15, 0.2) is 0 Å². The molecule has 0 radical (unpaired) electrons. The van der Waals surface area contributed by atoms with Crippen LogP contribution in [0.15, 0.2) is 55.1 Å². The van der Waals surface area contributed by atoms with Crippen molar-refractivity contribution in [1.82, 2.24) is 19.9 Å². The molecule has 0 aliphatic rings. The highest BCUT2D eigenvalue weighted by atomic mass is 14.9. The van der Waals surface area contributed by atoms with Gasteiger partial charge in [-0.2, -0.15) is 0 Å². The van der Waals surface area contributed by atoms with Gasteiger partial charge in [-0.25, -0.2) is 9.97 Å². The summed E-state index contributed by atoms with van der Waals surface area (Å²) in [4.78, 5) is 16.8. The summed E-state index contributed by atoms with van der Waals surface area (Å²) in [5.74, 6) is 0. The molecule has 4 heteroatoms. The van der Waals surface area contributed by atoms with Gasteiger partial charge < -0.3 is 4.98 Å². The number of benzene rings is 2. The van der Waals surface area contributed by atoms with E-state index in [4.69, 9.17) is 0 Å². The van der Waals surface area contributed by atoms with Gasteiger partial charge in [0.25, 0.3) is 0 Å². The van der Waals surface area contributed by atoms with Crippen molar-refractivity contribution >= 4 is 43.6 Å². The number of fused-ring (bicyclic) bond motifs is 8. The number of para-hydroxylation sites is 1. The molecule has 0 bridgehead atoms. The van der Waals surface area contributed by atoms with E-state index in [0.29, 0.717) is 0 Å². The number of aromatic nitrogens is 4. The Labute approximate surface area is 119 Å². The number of nitrogens with zero attached hydrogens (tertiary/aromatic N) is 3. The zero-order valence-corrected chi connectivity index (χ0v) is 11.0. The Hall–Kier alpha value is -3.01. The first-order valence-corrected chi connectivity index (χ1v) is 6.81. The largest absolute Gasteiger partial charge is 0.361 e. The number of hydrogen-bond donors (Lipinski definition) is 1. The Kier molecular flexibility index (Phi) is 1.92. The summed E-state index contributed by atoms with van der Waals surface area (Å²) < 4.78 is 0. The smallest absolute Gasteiger partial charge is 0.117 e. The van der Waals surface area contributed by atoms with Crippen molar-refractivity contribution < 1.29 is 0 Å². The minimum Gasteiger partial charge on any atom is -0.361 e. The van der Waals surface area contributed by atoms with Crippen LogP contribution in [0.2, 0.25) is 0 Å². The van der Waals surface area contributed by atoms with E-state index in [1.54, 1.807) is 12.5 Å². The second kappa shape index (κ2) is 3.76. The molecule has 0 amide bonds. The highest BCUT2D eigenvalue weighted by molar-refractivity contribution is 6.28. The lowest BCUT2D eigenvalue weighted by molar-refractivity contribution is 1.34. The van der Waals surface area contributed by atoms with Gasteiger partial charge in [0.2, 0.25) is 0 Å². The van der Waals surface area contributed by atoms with Gasteiger partial charge in [-0.1, -0.05) is 24.3 Å². The van der Waals surface area contributed by atoms with Crippen LogP contribution < -0.4 is 0 Å². The predicted molar refractivity (Wildman–Crippen MR) is 84.2 cm³/mol. The molecule has 0 atom stereocenters. The Morgan fingerprint density at radius 3 is 2.57 bits per heavy atom. The topological polar surface area (TPSA) is 54.5 Å². The summed E-state index contributed by atoms with van der Waals surface area (Å²) in [6.07, 6.45) is 5.45. The molecule has 0 fully saturated rings. The van der Waals surface area contributed by atoms with Crippen LogP contribution in [0.3, 0.4) is 0 Å². The van der Waals surface area contributed by atoms with Crippen molar-refractivity contribution in [2.24, 2.45) is 0 Å². The molecule has 4 nitrogen and oxygen atoms in total. The molecule has 21 heavy (non-hydrogen) atoms. The van der Waals surface area contributed by atoms with Gasteiger partial charge in [0.05, 0.1) is 5.52 Å². The van der Waals surface area contributed by atoms with Gasteiger partial charge in [-0.15, -0.1) is 0 Å². The molecule has 0 unspecified atom stereocenters. The lowest BCUT2D eigenvalue weighted by Crippen LogP contribution is -1.88. The number of hydrogen-bond acceptors (Lipinski definition) is 3. The maximum atomic E-state index is 4.50. The first-order chi connectivity index (χ1) is 10.4. The van der Waals surface area contributed by atoms with Crippen LogP contribution in [-0.4, -0.2) is 19.9 Å². The van der Waals surface area contributed by atoms with Crippen LogP contribution in [0.25, 0.3) is 43.6 Å². The van der Waals surface area contributed by atoms with Gasteiger partial charge in [0, 0.05) is 39.5 Å². The standard InChI is InChI=1S/C17H10N4/c1-2-6-13-11(4-1)14-12(8-19-13)10-5-3-7-18-15(10)17-16(14)20-9-21-17/h1-9,19H. The molecule has 3 aromatic heterocycles. The van der Waals surface area contributed by atoms with Crippen LogP contribution in [0.4, 0.5) is 0 Å². The monoisotopic (exact) mass is 270 g/mol. The minimum absolute atomic E-state index is 0.870. The second-order valence-electron chi connectivity index (χ2n) is 5.09. The molecule has 0 saturated carbocycles. The van der Waals surface area contributed by atoms with E-state index < -0.39 is 0 Å². The minimum atomic E-state index is 0.870. The van der Waals surface area contributed by atoms with E-state index in [1.807, 2.05) is 24.4 Å². The summed E-state index contributed by atoms with van der Waals surface area (Å²) in [6, 6.07) is 12.3. The lowest BCUT2D eigenvalue weighted by Gasteiger charge is -2.08. The molecule has 2 aromatic carbocycles. The number of nitrogens with one attached hydrogen (secondary N) is 1. The van der Waals surface area contributed by atoms with Crippen molar-refractivity contribution in [2.45, 2.75) is 0 Å². The fraction of sp³-hybridized carbons (Fsp3) is 0. The second-order valence-corrected chi connectivity index (χ2v) is 5.09. The zero-order valence-electron chi connectivity index (χ0n) is 11.0. The fourth-order valence-corrected chi connectivity index (χ4v) is 3.10. The SMILES string of the molecule is c1ccc2c(c1)[nH]cc1c3cccnc3c3ncnc3c21. The molecular weight excluding hydrogens is 260 g/mol. The predicted octanol–water partition coefficient (Wildman–Crippen LogP) is 3.81. The summed E-state index contributed by atoms with van der Waals surface area (Å²) in [5.41, 5.74) is 3.79. The van der Waals surface area contributed by atoms with Crippen LogP contribution in [-0.2, 0) is 0 Å². The molecular formula is C17H10N4. The zero-order chi connectivity index (χ0) is 13.8. The Morgan fingerprint density at radius 2 is 1.57 bits per heavy atom. The molecule has 0 spiro atoms. The summed E-state index contributed by atoms with van der Waals surface area (Å²) >= 11 is 0. The maximum Gasteiger partial charge on any atom is 0.117 e. The van der Waals surface area contributed by atoms with E-state index in [1.165, 1.54) is 0 Å². The van der Waals surface area contributed by atoms with Crippen molar-refractivity contribution in [3.63, 3.8) is 0 Å². The van der Waals surface area contributed by atoms with Crippen LogP contribution in [0.5, 0.6) is 0 Å². The molecule has 1 N–H and O–H groups in total. The quantitative estimate of drug-likeness (QED) is 0.435. The third-order valence-electron chi connectivity index (χ3n) is 3.99. The van der Waals surface area contributed by atoms with E-state index in [2.05, 4.69) is 38.1 Å². The number of imidazole rings is 1. The Morgan fingerprint density at radius 1 is 0.714 bits per heavy atom. The third kappa shape index (κ3) is 1.31. The molecule has 5 aromatic rings. The van der Waals surface area contributed by atoms with Gasteiger partial charge >= 0.3 is 0 Å². The summed E-state index contributed by atoms with van der Waals surface area (Å²) in [5, 5.41) is 4.52. The summed E-state index contributed by atoms with van der Waals surface area (Å²) in [6.45, 7) is 0. The van der Waals surface area contributed by atoms with Crippen molar-refractivity contribution in [2.75, 3.05) is 0 Å². The first-order valence-electron chi connectivity index (χ1n) is 6.81. The number of pyridine rings is 2. The van der Waals surface area contributed by atoms with Gasteiger partial charge in [-0.3, -0.25) is 4.98 Å². The molecule has 0 aliphatic carbocycles. The normalized spacial score (nSPS) is 11.8. The van der Waals surface area contributed by atoms with E-state index in [-0.39, 0.29) is 0 Å². The Bertz CT molecular complexity index is 1130. The van der Waals surface area contributed by atoms with Crippen LogP contribution in [0.1, 0.15) is 0 Å². The molecule has 98 valence electrons. The summed E-state index contributed by atoms with van der Waals surface area (Å²) in [7, 11) is 0. The van der Waals surface area contributed by atoms with Crippen molar-refractivity contribution in [3.05, 3.63) is 55.1 Å². The van der Waals surface area contributed by atoms with Crippen molar-refractivity contribution in [3.8, 4) is 0 Å². The van der Waals surface area contributed by atoms with Crippen LogP contribution >= 0.6 is 0 Å². The highest BCUT2D eigenvalue weighted by Crippen LogP contribution is 2.35. The molecule has 0 aliphatic heterocycles. The van der Waals surface area contributed by atoms with Crippen LogP contribution in [0, 0.1) is 0 Å². The highest BCUT2D eigenvalue weighted by Gasteiger charge is 2.14. The van der Waals surface area contributed by atoms with Gasteiger partial charge in [0.1, 0.15) is 17.4 Å². The maximum absolute atomic E-state index is 4.50. The molecule has 3 heterocycles. The van der Waals surface area contributed by atoms with Crippen molar-refractivity contribution in [1.29, 1.82) is 0 Å². The molecule has 0 saturated heterocycles. The number of aromatic amines is 1. The van der Waals surface area contributed by atoms with E-state index >= 15 is 0 Å². The van der Waals surface area contributed by atoms with E-state index in [9.17, 15) is 0 Å². The third-order valence-corrected chi connectivity index (χ3v) is 3.99. The molecule has 5 rings (SSSR count). The lowest BCUT2D eigenvalue weighted by atomic mass is 10.0. The average Bonchev–Trinajstić information content (AvgIpc) is 3.04. The Balaban J connectivity index is 2.24. The van der Waals surface area contributed by atoms with E-state index in [0.717, 1.165) is 43.6 Å². The number of rotatable bonds is 0. The van der Waals surface area contributed by atoms with Gasteiger partial charge in [-0.05, 0) is 12.1 Å².